The normalized spacial score (nSPS) is 17.5. The first kappa shape index (κ1) is 12.5. The summed E-state index contributed by atoms with van der Waals surface area (Å²) >= 11 is 0. The van der Waals surface area contributed by atoms with Crippen molar-refractivity contribution >= 4 is 5.91 Å². The predicted octanol–water partition coefficient (Wildman–Crippen LogP) is 0.609. The zero-order valence-electron chi connectivity index (χ0n) is 9.74. The van der Waals surface area contributed by atoms with Crippen molar-refractivity contribution in [3.63, 3.8) is 0 Å². The van der Waals surface area contributed by atoms with Crippen LogP contribution in [-0.4, -0.2) is 43.7 Å². The molecule has 0 aliphatic heterocycles. The van der Waals surface area contributed by atoms with Crippen LogP contribution < -0.4 is 5.73 Å². The Kier molecular flexibility index (Phi) is 5.05. The summed E-state index contributed by atoms with van der Waals surface area (Å²) in [6.07, 6.45) is 2.95. The van der Waals surface area contributed by atoms with E-state index in [1.807, 2.05) is 4.90 Å². The third-order valence-corrected chi connectivity index (χ3v) is 3.01. The number of nitrogens with zero attached hydrogens (tertiary/aromatic N) is 1. The molecule has 0 aromatic rings. The molecule has 1 aliphatic carbocycles. The minimum atomic E-state index is 0.161. The third kappa shape index (κ3) is 3.80. The maximum absolute atomic E-state index is 11.8. The van der Waals surface area contributed by atoms with E-state index in [9.17, 15) is 4.79 Å². The SMILES string of the molecule is COCCN(C(=O)CCN)C(C)C1CC1. The summed E-state index contributed by atoms with van der Waals surface area (Å²) in [5, 5.41) is 0. The maximum Gasteiger partial charge on any atom is 0.224 e. The summed E-state index contributed by atoms with van der Waals surface area (Å²) in [6.45, 7) is 3.85. The van der Waals surface area contributed by atoms with E-state index in [-0.39, 0.29) is 5.91 Å². The molecule has 1 unspecified atom stereocenters. The van der Waals surface area contributed by atoms with E-state index in [1.54, 1.807) is 7.11 Å². The van der Waals surface area contributed by atoms with Gasteiger partial charge in [-0.1, -0.05) is 0 Å². The molecule has 1 amide bonds. The predicted molar refractivity (Wildman–Crippen MR) is 59.4 cm³/mol. The Bertz CT molecular complexity index is 205. The van der Waals surface area contributed by atoms with Gasteiger partial charge >= 0.3 is 0 Å². The minimum absolute atomic E-state index is 0.161. The molecule has 88 valence electrons. The van der Waals surface area contributed by atoms with Crippen LogP contribution in [0.4, 0.5) is 0 Å². The van der Waals surface area contributed by atoms with Crippen molar-refractivity contribution in [3.05, 3.63) is 0 Å². The van der Waals surface area contributed by atoms with Gasteiger partial charge in [-0.25, -0.2) is 0 Å². The van der Waals surface area contributed by atoms with Crippen molar-refractivity contribution in [1.29, 1.82) is 0 Å². The van der Waals surface area contributed by atoms with Crippen LogP contribution in [0.3, 0.4) is 0 Å². The van der Waals surface area contributed by atoms with E-state index in [0.717, 1.165) is 0 Å². The van der Waals surface area contributed by atoms with Gasteiger partial charge in [0.15, 0.2) is 0 Å². The van der Waals surface area contributed by atoms with Gasteiger partial charge in [0, 0.05) is 32.7 Å². The van der Waals surface area contributed by atoms with E-state index in [2.05, 4.69) is 6.92 Å². The topological polar surface area (TPSA) is 55.6 Å². The fourth-order valence-electron chi connectivity index (χ4n) is 1.85. The summed E-state index contributed by atoms with van der Waals surface area (Å²) in [4.78, 5) is 13.7. The first-order chi connectivity index (χ1) is 7.20. The highest BCUT2D eigenvalue weighted by Crippen LogP contribution is 2.35. The Morgan fingerprint density at radius 3 is 2.73 bits per heavy atom. The van der Waals surface area contributed by atoms with Gasteiger partial charge in [0.2, 0.25) is 5.91 Å². The zero-order valence-corrected chi connectivity index (χ0v) is 9.74. The van der Waals surface area contributed by atoms with Crippen LogP contribution in [0.15, 0.2) is 0 Å². The van der Waals surface area contributed by atoms with E-state index in [0.29, 0.717) is 38.1 Å². The van der Waals surface area contributed by atoms with Gasteiger partial charge < -0.3 is 15.4 Å². The molecule has 1 fully saturated rings. The second kappa shape index (κ2) is 6.08. The Labute approximate surface area is 91.8 Å². The van der Waals surface area contributed by atoms with Crippen molar-refractivity contribution in [1.82, 2.24) is 4.90 Å². The number of amides is 1. The highest BCUT2D eigenvalue weighted by molar-refractivity contribution is 5.76. The van der Waals surface area contributed by atoms with Crippen molar-refractivity contribution in [2.45, 2.75) is 32.2 Å². The molecule has 2 N–H and O–H groups in total. The number of carbonyl (C=O) groups excluding carboxylic acids is 1. The van der Waals surface area contributed by atoms with Crippen LogP contribution in [0.2, 0.25) is 0 Å². The largest absolute Gasteiger partial charge is 0.383 e. The molecule has 4 nitrogen and oxygen atoms in total. The molecule has 1 saturated carbocycles. The van der Waals surface area contributed by atoms with E-state index in [4.69, 9.17) is 10.5 Å². The monoisotopic (exact) mass is 214 g/mol. The highest BCUT2D eigenvalue weighted by Gasteiger charge is 2.33. The number of ether oxygens (including phenoxy) is 1. The van der Waals surface area contributed by atoms with E-state index >= 15 is 0 Å². The summed E-state index contributed by atoms with van der Waals surface area (Å²) < 4.78 is 5.03. The summed E-state index contributed by atoms with van der Waals surface area (Å²) in [7, 11) is 1.66. The van der Waals surface area contributed by atoms with Crippen molar-refractivity contribution in [2.24, 2.45) is 11.7 Å². The number of hydrogen-bond acceptors (Lipinski definition) is 3. The number of methoxy groups -OCH3 is 1. The molecule has 0 heterocycles. The van der Waals surface area contributed by atoms with Gasteiger partial charge in [0.05, 0.1) is 6.61 Å². The summed E-state index contributed by atoms with van der Waals surface area (Å²) in [6, 6.07) is 0.346. The first-order valence-electron chi connectivity index (χ1n) is 5.69. The minimum Gasteiger partial charge on any atom is -0.383 e. The Morgan fingerprint density at radius 2 is 2.27 bits per heavy atom. The number of carbonyl (C=O) groups is 1. The fraction of sp³-hybridized carbons (Fsp3) is 0.909. The average molecular weight is 214 g/mol. The van der Waals surface area contributed by atoms with Crippen molar-refractivity contribution in [2.75, 3.05) is 26.8 Å². The number of nitrogens with two attached hydrogens (primary N) is 1. The Balaban J connectivity index is 2.46. The number of hydrogen-bond donors (Lipinski definition) is 1. The zero-order chi connectivity index (χ0) is 11.3. The van der Waals surface area contributed by atoms with Gasteiger partial charge in [-0.3, -0.25) is 4.79 Å². The molecular weight excluding hydrogens is 192 g/mol. The lowest BCUT2D eigenvalue weighted by atomic mass is 10.1. The molecule has 1 aliphatic rings. The van der Waals surface area contributed by atoms with Gasteiger partial charge in [-0.15, -0.1) is 0 Å². The lowest BCUT2D eigenvalue weighted by Crippen LogP contribution is -2.42. The molecule has 0 bridgehead atoms. The van der Waals surface area contributed by atoms with Crippen molar-refractivity contribution in [3.8, 4) is 0 Å². The van der Waals surface area contributed by atoms with E-state index in [1.165, 1.54) is 12.8 Å². The lowest BCUT2D eigenvalue weighted by molar-refractivity contribution is -0.134. The quantitative estimate of drug-likeness (QED) is 0.675. The van der Waals surface area contributed by atoms with E-state index < -0.39 is 0 Å². The number of rotatable bonds is 7. The van der Waals surface area contributed by atoms with Crippen LogP contribution in [0, 0.1) is 5.92 Å². The third-order valence-electron chi connectivity index (χ3n) is 3.01. The van der Waals surface area contributed by atoms with Crippen LogP contribution in [0.25, 0.3) is 0 Å². The second-order valence-corrected chi connectivity index (χ2v) is 4.20. The van der Waals surface area contributed by atoms with Crippen LogP contribution in [0.5, 0.6) is 0 Å². The highest BCUT2D eigenvalue weighted by atomic mass is 16.5. The van der Waals surface area contributed by atoms with Crippen LogP contribution in [-0.2, 0) is 9.53 Å². The summed E-state index contributed by atoms with van der Waals surface area (Å²) in [5.41, 5.74) is 5.41. The molecular formula is C11H22N2O2. The average Bonchev–Trinajstić information content (AvgIpc) is 3.01. The lowest BCUT2D eigenvalue weighted by Gasteiger charge is -2.29. The Hall–Kier alpha value is -0.610. The van der Waals surface area contributed by atoms with Gasteiger partial charge in [-0.2, -0.15) is 0 Å². The molecule has 0 aromatic heterocycles. The molecule has 4 heteroatoms. The molecule has 0 aromatic carbocycles. The fourth-order valence-corrected chi connectivity index (χ4v) is 1.85. The molecule has 0 radical (unpaired) electrons. The molecule has 1 rings (SSSR count). The van der Waals surface area contributed by atoms with Gasteiger partial charge in [-0.05, 0) is 25.7 Å². The second-order valence-electron chi connectivity index (χ2n) is 4.20. The Morgan fingerprint density at radius 1 is 1.60 bits per heavy atom. The summed E-state index contributed by atoms with van der Waals surface area (Å²) in [5.74, 6) is 0.859. The molecule has 1 atom stereocenters. The molecule has 0 saturated heterocycles. The smallest absolute Gasteiger partial charge is 0.224 e. The molecule has 0 spiro atoms. The van der Waals surface area contributed by atoms with Crippen molar-refractivity contribution < 1.29 is 9.53 Å². The molecule has 15 heavy (non-hydrogen) atoms. The standard InChI is InChI=1S/C11H22N2O2/c1-9(10-3-4-10)13(7-8-15-2)11(14)5-6-12/h9-10H,3-8,12H2,1-2H3. The first-order valence-corrected chi connectivity index (χ1v) is 5.69. The van der Waals surface area contributed by atoms with Gasteiger partial charge in [0.1, 0.15) is 0 Å². The maximum atomic E-state index is 11.8. The van der Waals surface area contributed by atoms with Crippen LogP contribution >= 0.6 is 0 Å². The van der Waals surface area contributed by atoms with Crippen LogP contribution in [0.1, 0.15) is 26.2 Å². The van der Waals surface area contributed by atoms with Gasteiger partial charge in [0.25, 0.3) is 0 Å².